The summed E-state index contributed by atoms with van der Waals surface area (Å²) in [7, 11) is 0. The van der Waals surface area contributed by atoms with E-state index in [9.17, 15) is 19.8 Å². The Bertz CT molecular complexity index is 1300. The molecule has 6 nitrogen and oxygen atoms in total. The standard InChI is InChI=1S/C74H141NO5/c1-3-5-7-9-11-13-15-17-18-19-36-39-43-46-50-54-58-62-66-72(77)71(70-76)75-73(78)67-63-59-55-51-47-44-40-37-34-32-30-28-26-24-22-20-21-23-25-27-29-31-33-35-38-41-45-49-53-57-61-65-69-80-74(79)68-64-60-56-52-48-42-16-14-12-10-8-6-4-2/h8,10,14,16,23,25,71-72,76-77H,3-7,9,11-13,15,17-22,24,26-70H2,1-2H3,(H,75,78)/b10-8-,16-14-,25-23-. The highest BCUT2D eigenvalue weighted by molar-refractivity contribution is 5.76. The van der Waals surface area contributed by atoms with E-state index in [1.807, 2.05) is 0 Å². The van der Waals surface area contributed by atoms with Gasteiger partial charge in [-0.15, -0.1) is 0 Å². The second kappa shape index (κ2) is 69.6. The van der Waals surface area contributed by atoms with Gasteiger partial charge in [0.05, 0.1) is 25.4 Å². The van der Waals surface area contributed by atoms with Crippen molar-refractivity contribution in [2.75, 3.05) is 13.2 Å². The normalized spacial score (nSPS) is 12.7. The molecule has 80 heavy (non-hydrogen) atoms. The van der Waals surface area contributed by atoms with Crippen molar-refractivity contribution in [1.82, 2.24) is 5.32 Å². The fourth-order valence-corrected chi connectivity index (χ4v) is 11.4. The van der Waals surface area contributed by atoms with Crippen LogP contribution in [0.5, 0.6) is 0 Å². The predicted molar refractivity (Wildman–Crippen MR) is 352 cm³/mol. The van der Waals surface area contributed by atoms with Crippen molar-refractivity contribution in [3.05, 3.63) is 36.5 Å². The van der Waals surface area contributed by atoms with Gasteiger partial charge in [-0.2, -0.15) is 0 Å². The first-order valence-electron chi connectivity index (χ1n) is 36.2. The van der Waals surface area contributed by atoms with E-state index in [0.29, 0.717) is 25.9 Å². The summed E-state index contributed by atoms with van der Waals surface area (Å²) in [6, 6.07) is -0.540. The van der Waals surface area contributed by atoms with Crippen molar-refractivity contribution in [2.45, 2.75) is 411 Å². The fraction of sp³-hybridized carbons (Fsp3) is 0.892. The molecule has 0 aromatic carbocycles. The van der Waals surface area contributed by atoms with Gasteiger partial charge in [0.2, 0.25) is 5.91 Å². The van der Waals surface area contributed by atoms with Gasteiger partial charge in [0, 0.05) is 12.8 Å². The summed E-state index contributed by atoms with van der Waals surface area (Å²) in [5, 5.41) is 23.4. The average molecular weight is 1120 g/mol. The number of carbonyl (C=O) groups excluding carboxylic acids is 2. The van der Waals surface area contributed by atoms with Crippen LogP contribution in [-0.4, -0.2) is 47.4 Å². The molecular formula is C74H141NO5. The van der Waals surface area contributed by atoms with Crippen LogP contribution in [0.1, 0.15) is 399 Å². The van der Waals surface area contributed by atoms with Gasteiger partial charge in [0.15, 0.2) is 0 Å². The lowest BCUT2D eigenvalue weighted by molar-refractivity contribution is -0.143. The van der Waals surface area contributed by atoms with Gasteiger partial charge in [-0.1, -0.05) is 346 Å². The molecule has 0 radical (unpaired) electrons. The zero-order valence-electron chi connectivity index (χ0n) is 54.1. The maximum absolute atomic E-state index is 12.5. The second-order valence-electron chi connectivity index (χ2n) is 24.9. The van der Waals surface area contributed by atoms with Crippen LogP contribution in [0, 0.1) is 0 Å². The Morgan fingerprint density at radius 3 is 1.01 bits per heavy atom. The Labute approximate surface area is 500 Å². The van der Waals surface area contributed by atoms with E-state index >= 15 is 0 Å². The third kappa shape index (κ3) is 65.2. The summed E-state index contributed by atoms with van der Waals surface area (Å²) in [5.74, 6) is -0.0255. The summed E-state index contributed by atoms with van der Waals surface area (Å²) < 4.78 is 5.48. The molecule has 472 valence electrons. The van der Waals surface area contributed by atoms with Crippen LogP contribution in [-0.2, 0) is 14.3 Å². The molecule has 1 amide bonds. The highest BCUT2D eigenvalue weighted by Crippen LogP contribution is 2.19. The first kappa shape index (κ1) is 78.1. The van der Waals surface area contributed by atoms with E-state index < -0.39 is 12.1 Å². The van der Waals surface area contributed by atoms with Gasteiger partial charge in [-0.05, 0) is 77.0 Å². The fourth-order valence-electron chi connectivity index (χ4n) is 11.4. The summed E-state index contributed by atoms with van der Waals surface area (Å²) in [5.41, 5.74) is 0. The lowest BCUT2D eigenvalue weighted by atomic mass is 10.0. The highest BCUT2D eigenvalue weighted by atomic mass is 16.5. The molecule has 2 unspecified atom stereocenters. The number of allylic oxidation sites excluding steroid dienone is 6. The summed E-state index contributed by atoms with van der Waals surface area (Å²) in [6.45, 7) is 4.92. The van der Waals surface area contributed by atoms with Gasteiger partial charge in [0.1, 0.15) is 0 Å². The SMILES string of the molecule is CCC/C=C\C/C=C\CCCCCCCC(=O)OCCCCCCCCCCCCCC/C=C\CCCCCCCCCCCCCCCCCCC(=O)NC(CO)C(O)CCCCCCCCCCCCCCCCCCCC. The number of aliphatic hydroxyl groups excluding tert-OH is 2. The van der Waals surface area contributed by atoms with E-state index in [2.05, 4.69) is 55.6 Å². The Balaban J connectivity index is 3.36. The Kier molecular flexibility index (Phi) is 67.9. The lowest BCUT2D eigenvalue weighted by Gasteiger charge is -2.22. The molecule has 6 heteroatoms. The molecule has 0 saturated carbocycles. The van der Waals surface area contributed by atoms with Crippen molar-refractivity contribution in [3.63, 3.8) is 0 Å². The molecular weight excluding hydrogens is 983 g/mol. The summed E-state index contributed by atoms with van der Waals surface area (Å²) in [6.07, 6.45) is 89.2. The van der Waals surface area contributed by atoms with Gasteiger partial charge < -0.3 is 20.3 Å². The minimum Gasteiger partial charge on any atom is -0.466 e. The number of hydrogen-bond donors (Lipinski definition) is 3. The predicted octanol–water partition coefficient (Wildman–Crippen LogP) is 23.5. The van der Waals surface area contributed by atoms with E-state index in [4.69, 9.17) is 4.74 Å². The lowest BCUT2D eigenvalue weighted by Crippen LogP contribution is -2.45. The maximum Gasteiger partial charge on any atom is 0.305 e. The van der Waals surface area contributed by atoms with E-state index in [-0.39, 0.29) is 18.5 Å². The van der Waals surface area contributed by atoms with Crippen LogP contribution in [0.15, 0.2) is 36.5 Å². The quantitative estimate of drug-likeness (QED) is 0.0320. The first-order chi connectivity index (χ1) is 39.5. The zero-order chi connectivity index (χ0) is 57.8. The molecule has 2 atom stereocenters. The Morgan fingerprint density at radius 2 is 0.650 bits per heavy atom. The highest BCUT2D eigenvalue weighted by Gasteiger charge is 2.20. The smallest absolute Gasteiger partial charge is 0.305 e. The van der Waals surface area contributed by atoms with Crippen molar-refractivity contribution < 1.29 is 24.5 Å². The molecule has 0 aromatic rings. The Hall–Kier alpha value is -1.92. The topological polar surface area (TPSA) is 95.9 Å². The number of nitrogens with one attached hydrogen (secondary N) is 1. The monoisotopic (exact) mass is 1120 g/mol. The number of ether oxygens (including phenoxy) is 1. The van der Waals surface area contributed by atoms with Crippen LogP contribution in [0.25, 0.3) is 0 Å². The number of esters is 1. The molecule has 0 aliphatic rings. The van der Waals surface area contributed by atoms with E-state index in [0.717, 1.165) is 51.4 Å². The minimum absolute atomic E-state index is 0.00314. The average Bonchev–Trinajstić information content (AvgIpc) is 3.46. The summed E-state index contributed by atoms with van der Waals surface area (Å²) >= 11 is 0. The molecule has 3 N–H and O–H groups in total. The molecule has 0 spiro atoms. The first-order valence-corrected chi connectivity index (χ1v) is 36.2. The number of rotatable bonds is 68. The van der Waals surface area contributed by atoms with E-state index in [1.165, 1.54) is 315 Å². The van der Waals surface area contributed by atoms with Gasteiger partial charge in [0.25, 0.3) is 0 Å². The van der Waals surface area contributed by atoms with Gasteiger partial charge in [-0.25, -0.2) is 0 Å². The van der Waals surface area contributed by atoms with Crippen LogP contribution in [0.2, 0.25) is 0 Å². The van der Waals surface area contributed by atoms with Crippen molar-refractivity contribution >= 4 is 11.9 Å². The largest absolute Gasteiger partial charge is 0.466 e. The maximum atomic E-state index is 12.5. The molecule has 0 heterocycles. The third-order valence-electron chi connectivity index (χ3n) is 16.9. The number of aliphatic hydroxyl groups is 2. The van der Waals surface area contributed by atoms with Crippen molar-refractivity contribution in [2.24, 2.45) is 0 Å². The van der Waals surface area contributed by atoms with E-state index in [1.54, 1.807) is 0 Å². The molecule has 0 bridgehead atoms. The third-order valence-corrected chi connectivity index (χ3v) is 16.9. The Morgan fingerprint density at radius 1 is 0.350 bits per heavy atom. The van der Waals surface area contributed by atoms with Gasteiger partial charge >= 0.3 is 5.97 Å². The second-order valence-corrected chi connectivity index (χ2v) is 24.9. The molecule has 0 aliphatic carbocycles. The number of amides is 1. The van der Waals surface area contributed by atoms with Crippen LogP contribution in [0.4, 0.5) is 0 Å². The number of hydrogen-bond acceptors (Lipinski definition) is 5. The van der Waals surface area contributed by atoms with Crippen LogP contribution < -0.4 is 5.32 Å². The molecule has 0 aromatic heterocycles. The van der Waals surface area contributed by atoms with Crippen LogP contribution in [0.3, 0.4) is 0 Å². The van der Waals surface area contributed by atoms with Crippen LogP contribution >= 0.6 is 0 Å². The van der Waals surface area contributed by atoms with Crippen molar-refractivity contribution in [3.8, 4) is 0 Å². The number of unbranched alkanes of at least 4 members (excludes halogenated alkanes) is 51. The molecule has 0 rings (SSSR count). The molecule has 0 aliphatic heterocycles. The van der Waals surface area contributed by atoms with Gasteiger partial charge in [-0.3, -0.25) is 9.59 Å². The number of carbonyl (C=O) groups is 2. The summed E-state index contributed by atoms with van der Waals surface area (Å²) in [4.78, 5) is 24.6. The molecule has 0 saturated heterocycles. The van der Waals surface area contributed by atoms with Crippen molar-refractivity contribution in [1.29, 1.82) is 0 Å². The molecule has 0 fully saturated rings. The minimum atomic E-state index is -0.663. The zero-order valence-corrected chi connectivity index (χ0v) is 54.1.